The second-order valence-corrected chi connectivity index (χ2v) is 7.16. The van der Waals surface area contributed by atoms with Gasteiger partial charge in [-0.15, -0.1) is 0 Å². The fourth-order valence-electron chi connectivity index (χ4n) is 2.31. The highest BCUT2D eigenvalue weighted by molar-refractivity contribution is 8.18. The van der Waals surface area contributed by atoms with Gasteiger partial charge in [-0.05, 0) is 54.9 Å². The molecule has 0 aromatic heterocycles. The van der Waals surface area contributed by atoms with E-state index in [-0.39, 0.29) is 11.6 Å². The molecule has 2 aromatic carbocycles. The minimum absolute atomic E-state index is 0.0194. The number of benzene rings is 2. The van der Waals surface area contributed by atoms with Crippen LogP contribution in [0.4, 0.5) is 11.4 Å². The van der Waals surface area contributed by atoms with Gasteiger partial charge in [-0.1, -0.05) is 29.8 Å². The fraction of sp³-hybridized carbons (Fsp3) is 0.111. The average molecular weight is 388 g/mol. The predicted molar refractivity (Wildman–Crippen MR) is 105 cm³/mol. The van der Waals surface area contributed by atoms with Crippen molar-refractivity contribution in [2.45, 2.75) is 13.8 Å². The Morgan fingerprint density at radius 1 is 1.19 bits per heavy atom. The number of nitrogens with one attached hydrogen (secondary N) is 1. The summed E-state index contributed by atoms with van der Waals surface area (Å²) in [6.07, 6.45) is 1.61. The van der Waals surface area contributed by atoms with Gasteiger partial charge in [0.1, 0.15) is 0 Å². The standard InChI is InChI=1S/C18H14ClN3O3S/c1-10-4-6-13(9-14(10)19)20-18-21-17(23)16(26-18)8-12-5-3-11(2)15(7-12)22(24)25/h3-9H,1-2H3,(H,20,21,23)/b16-8-. The number of aliphatic imine (C=N–C) groups is 1. The highest BCUT2D eigenvalue weighted by Crippen LogP contribution is 2.30. The van der Waals surface area contributed by atoms with E-state index in [2.05, 4.69) is 10.3 Å². The lowest BCUT2D eigenvalue weighted by molar-refractivity contribution is -0.385. The number of nitro benzene ring substituents is 1. The maximum Gasteiger partial charge on any atom is 0.272 e. The summed E-state index contributed by atoms with van der Waals surface area (Å²) < 4.78 is 0. The molecular formula is C18H14ClN3O3S. The number of rotatable bonds is 3. The van der Waals surface area contributed by atoms with Crippen molar-refractivity contribution in [1.29, 1.82) is 0 Å². The summed E-state index contributed by atoms with van der Waals surface area (Å²) in [5.74, 6) is -0.296. The number of nitro groups is 1. The van der Waals surface area contributed by atoms with E-state index in [4.69, 9.17) is 11.6 Å². The molecule has 6 nitrogen and oxygen atoms in total. The predicted octanol–water partition coefficient (Wildman–Crippen LogP) is 4.76. The number of nitrogens with zero attached hydrogens (tertiary/aromatic N) is 2. The highest BCUT2D eigenvalue weighted by Gasteiger charge is 2.24. The van der Waals surface area contributed by atoms with E-state index in [0.29, 0.717) is 31.9 Å². The van der Waals surface area contributed by atoms with Crippen LogP contribution in [0.3, 0.4) is 0 Å². The lowest BCUT2D eigenvalue weighted by atomic mass is 10.1. The molecule has 0 radical (unpaired) electrons. The molecule has 1 heterocycles. The van der Waals surface area contributed by atoms with Crippen LogP contribution in [0.5, 0.6) is 0 Å². The van der Waals surface area contributed by atoms with Crippen LogP contribution in [-0.4, -0.2) is 16.0 Å². The first kappa shape index (κ1) is 18.2. The molecule has 0 aliphatic carbocycles. The molecule has 8 heteroatoms. The monoisotopic (exact) mass is 387 g/mol. The van der Waals surface area contributed by atoms with Gasteiger partial charge in [-0.2, -0.15) is 0 Å². The molecule has 1 aliphatic rings. The molecule has 0 bridgehead atoms. The highest BCUT2D eigenvalue weighted by atomic mass is 35.5. The largest absolute Gasteiger partial charge is 0.300 e. The average Bonchev–Trinajstić information content (AvgIpc) is 2.92. The first-order valence-electron chi connectivity index (χ1n) is 7.64. The van der Waals surface area contributed by atoms with Crippen LogP contribution < -0.4 is 5.32 Å². The number of hydrogen-bond donors (Lipinski definition) is 1. The van der Waals surface area contributed by atoms with Gasteiger partial charge in [0.05, 0.1) is 15.5 Å². The van der Waals surface area contributed by atoms with E-state index in [1.54, 1.807) is 31.2 Å². The number of amidine groups is 1. The summed E-state index contributed by atoms with van der Waals surface area (Å²) in [4.78, 5) is 27.6. The first-order chi connectivity index (χ1) is 12.3. The van der Waals surface area contributed by atoms with Crippen LogP contribution in [0.1, 0.15) is 16.7 Å². The van der Waals surface area contributed by atoms with Crippen molar-refractivity contribution in [3.63, 3.8) is 0 Å². The minimum atomic E-state index is -0.437. The molecule has 0 unspecified atom stereocenters. The summed E-state index contributed by atoms with van der Waals surface area (Å²) in [5, 5.41) is 14.8. The minimum Gasteiger partial charge on any atom is -0.300 e. The first-order valence-corrected chi connectivity index (χ1v) is 8.84. The zero-order valence-corrected chi connectivity index (χ0v) is 15.5. The van der Waals surface area contributed by atoms with Crippen molar-refractivity contribution in [2.75, 3.05) is 0 Å². The Hall–Kier alpha value is -2.64. The van der Waals surface area contributed by atoms with E-state index in [0.717, 1.165) is 5.56 Å². The number of hydrogen-bond acceptors (Lipinski definition) is 5. The molecule has 26 heavy (non-hydrogen) atoms. The SMILES string of the molecule is Cc1ccc(N=C2NC(=O)/C(=C/c3ccc(C)c([N+](=O)[O-])c3)S2)cc1Cl. The summed E-state index contributed by atoms with van der Waals surface area (Å²) in [5.41, 5.74) is 2.75. The Kier molecular flexibility index (Phi) is 5.11. The van der Waals surface area contributed by atoms with E-state index in [1.165, 1.54) is 17.8 Å². The van der Waals surface area contributed by atoms with Gasteiger partial charge in [0.15, 0.2) is 5.17 Å². The molecular weight excluding hydrogens is 374 g/mol. The fourth-order valence-corrected chi connectivity index (χ4v) is 3.33. The third-order valence-corrected chi connectivity index (χ3v) is 5.08. The number of aryl methyl sites for hydroxylation is 2. The van der Waals surface area contributed by atoms with Crippen molar-refractivity contribution in [3.8, 4) is 0 Å². The van der Waals surface area contributed by atoms with Crippen molar-refractivity contribution in [2.24, 2.45) is 4.99 Å². The zero-order chi connectivity index (χ0) is 18.8. The van der Waals surface area contributed by atoms with Crippen molar-refractivity contribution < 1.29 is 9.72 Å². The second kappa shape index (κ2) is 7.31. The van der Waals surface area contributed by atoms with Gasteiger partial charge in [-0.3, -0.25) is 14.9 Å². The van der Waals surface area contributed by atoms with Crippen LogP contribution in [0.2, 0.25) is 5.02 Å². The van der Waals surface area contributed by atoms with Crippen LogP contribution in [0.25, 0.3) is 6.08 Å². The van der Waals surface area contributed by atoms with Crippen LogP contribution in [0, 0.1) is 24.0 Å². The summed E-state index contributed by atoms with van der Waals surface area (Å²) in [6.45, 7) is 3.57. The van der Waals surface area contributed by atoms with Gasteiger partial charge in [0.25, 0.3) is 11.6 Å². The third kappa shape index (κ3) is 3.95. The number of thioether (sulfide) groups is 1. The van der Waals surface area contributed by atoms with E-state index in [1.807, 2.05) is 19.1 Å². The van der Waals surface area contributed by atoms with Gasteiger partial charge >= 0.3 is 0 Å². The Morgan fingerprint density at radius 2 is 1.92 bits per heavy atom. The summed E-state index contributed by atoms with van der Waals surface area (Å²) >= 11 is 7.26. The Bertz CT molecular complexity index is 986. The maximum absolute atomic E-state index is 12.1. The molecule has 132 valence electrons. The van der Waals surface area contributed by atoms with Crippen LogP contribution in [0.15, 0.2) is 46.3 Å². The van der Waals surface area contributed by atoms with Crippen molar-refractivity contribution >= 4 is 51.9 Å². The molecule has 2 aromatic rings. The molecule has 1 fully saturated rings. The molecule has 1 amide bonds. The summed E-state index contributed by atoms with van der Waals surface area (Å²) in [6, 6.07) is 10.2. The third-order valence-electron chi connectivity index (χ3n) is 3.76. The van der Waals surface area contributed by atoms with Gasteiger partial charge in [-0.25, -0.2) is 4.99 Å². The smallest absolute Gasteiger partial charge is 0.272 e. The number of carbonyl (C=O) groups excluding carboxylic acids is 1. The quantitative estimate of drug-likeness (QED) is 0.467. The second-order valence-electron chi connectivity index (χ2n) is 5.72. The number of amides is 1. The van der Waals surface area contributed by atoms with E-state index < -0.39 is 4.92 Å². The maximum atomic E-state index is 12.1. The Labute approximate surface area is 159 Å². The molecule has 0 saturated carbocycles. The van der Waals surface area contributed by atoms with Gasteiger partial charge in [0, 0.05) is 16.7 Å². The molecule has 1 saturated heterocycles. The molecule has 1 aliphatic heterocycles. The number of carbonyl (C=O) groups is 1. The van der Waals surface area contributed by atoms with Crippen molar-refractivity contribution in [3.05, 3.63) is 73.1 Å². The Morgan fingerprint density at radius 3 is 2.62 bits per heavy atom. The zero-order valence-electron chi connectivity index (χ0n) is 13.9. The summed E-state index contributed by atoms with van der Waals surface area (Å²) in [7, 11) is 0. The Balaban J connectivity index is 1.86. The van der Waals surface area contributed by atoms with E-state index >= 15 is 0 Å². The van der Waals surface area contributed by atoms with Gasteiger partial charge < -0.3 is 5.32 Å². The lowest BCUT2D eigenvalue weighted by Crippen LogP contribution is -2.19. The van der Waals surface area contributed by atoms with Crippen LogP contribution >= 0.6 is 23.4 Å². The van der Waals surface area contributed by atoms with Gasteiger partial charge in [0.2, 0.25) is 0 Å². The topological polar surface area (TPSA) is 84.6 Å². The number of halogens is 1. The molecule has 0 atom stereocenters. The molecule has 3 rings (SSSR count). The molecule has 1 N–H and O–H groups in total. The van der Waals surface area contributed by atoms with Crippen molar-refractivity contribution in [1.82, 2.24) is 5.32 Å². The van der Waals surface area contributed by atoms with E-state index in [9.17, 15) is 14.9 Å². The lowest BCUT2D eigenvalue weighted by Gasteiger charge is -2.00. The van der Waals surface area contributed by atoms with Crippen LogP contribution in [-0.2, 0) is 4.79 Å². The normalized spacial score (nSPS) is 17.0. The molecule has 0 spiro atoms.